The van der Waals surface area contributed by atoms with Crippen LogP contribution in [0.3, 0.4) is 0 Å². The van der Waals surface area contributed by atoms with E-state index in [-0.39, 0.29) is 11.7 Å². The van der Waals surface area contributed by atoms with Gasteiger partial charge in [-0.15, -0.1) is 0 Å². The van der Waals surface area contributed by atoms with Crippen molar-refractivity contribution in [2.24, 2.45) is 0 Å². The van der Waals surface area contributed by atoms with E-state index in [9.17, 15) is 4.79 Å². The highest BCUT2D eigenvalue weighted by Gasteiger charge is 2.28. The molecule has 0 amide bonds. The van der Waals surface area contributed by atoms with Gasteiger partial charge in [0.05, 0.1) is 6.61 Å². The van der Waals surface area contributed by atoms with Crippen molar-refractivity contribution < 1.29 is 9.53 Å². The Morgan fingerprint density at radius 3 is 2.90 bits per heavy atom. The lowest BCUT2D eigenvalue weighted by Gasteiger charge is -2.11. The van der Waals surface area contributed by atoms with Crippen molar-refractivity contribution in [3.05, 3.63) is 65.2 Å². The van der Waals surface area contributed by atoms with Crippen molar-refractivity contribution in [3.63, 3.8) is 0 Å². The van der Waals surface area contributed by atoms with E-state index in [0.29, 0.717) is 6.61 Å². The van der Waals surface area contributed by atoms with Gasteiger partial charge in [0, 0.05) is 11.5 Å². The molecule has 2 aromatic rings. The fraction of sp³-hybridized carbons (Fsp3) is 0.278. The minimum atomic E-state index is 0.00285. The van der Waals surface area contributed by atoms with Gasteiger partial charge in [-0.1, -0.05) is 36.4 Å². The van der Waals surface area contributed by atoms with Gasteiger partial charge in [-0.25, -0.2) is 0 Å². The number of hydrogen-bond donors (Lipinski definition) is 0. The number of carbonyl (C=O) groups excluding carboxylic acids is 1. The normalized spacial score (nSPS) is 16.8. The first-order valence-corrected chi connectivity index (χ1v) is 7.14. The molecule has 1 atom stereocenters. The number of Topliss-reactive ketones (excluding diaryl/α,β-unsaturated/α-hetero) is 1. The van der Waals surface area contributed by atoms with Gasteiger partial charge in [0.25, 0.3) is 0 Å². The summed E-state index contributed by atoms with van der Waals surface area (Å²) in [5.74, 6) is 0.976. The lowest BCUT2D eigenvalue weighted by molar-refractivity contribution is 0.0959. The van der Waals surface area contributed by atoms with E-state index >= 15 is 0 Å². The number of ketones is 1. The van der Waals surface area contributed by atoms with Crippen molar-refractivity contribution in [1.29, 1.82) is 0 Å². The fourth-order valence-corrected chi connectivity index (χ4v) is 2.94. The molecule has 0 fully saturated rings. The molecule has 1 aliphatic rings. The Kier molecular flexibility index (Phi) is 3.55. The van der Waals surface area contributed by atoms with Gasteiger partial charge in [-0.2, -0.15) is 0 Å². The summed E-state index contributed by atoms with van der Waals surface area (Å²) in [6, 6.07) is 15.8. The molecule has 0 bridgehead atoms. The van der Waals surface area contributed by atoms with E-state index in [1.165, 1.54) is 11.1 Å². The Balaban J connectivity index is 1.89. The molecule has 0 aromatic heterocycles. The number of benzene rings is 2. The van der Waals surface area contributed by atoms with E-state index < -0.39 is 0 Å². The molecule has 2 heteroatoms. The molecule has 0 aliphatic heterocycles. The molecule has 0 spiro atoms. The summed E-state index contributed by atoms with van der Waals surface area (Å²) in [6.45, 7) is 2.56. The lowest BCUT2D eigenvalue weighted by atomic mass is 9.92. The summed E-state index contributed by atoms with van der Waals surface area (Å²) in [6.07, 6.45) is 1.91. The van der Waals surface area contributed by atoms with Crippen LogP contribution in [-0.4, -0.2) is 12.4 Å². The van der Waals surface area contributed by atoms with Crippen LogP contribution < -0.4 is 4.74 Å². The fourth-order valence-electron chi connectivity index (χ4n) is 2.94. The number of ether oxygens (including phenoxy) is 1. The smallest absolute Gasteiger partial charge is 0.170 e. The molecule has 0 saturated heterocycles. The second-order valence-electron chi connectivity index (χ2n) is 5.12. The Hall–Kier alpha value is -2.09. The zero-order valence-electron chi connectivity index (χ0n) is 11.6. The highest BCUT2D eigenvalue weighted by molar-refractivity contribution is 6.01. The number of fused-ring (bicyclic) bond motifs is 1. The quantitative estimate of drug-likeness (QED) is 0.782. The average molecular weight is 266 g/mol. The molecule has 0 heterocycles. The first-order valence-electron chi connectivity index (χ1n) is 7.14. The van der Waals surface area contributed by atoms with Crippen LogP contribution in [0.15, 0.2) is 48.5 Å². The molecule has 3 rings (SSSR count). The van der Waals surface area contributed by atoms with Gasteiger partial charge in [-0.05, 0) is 43.0 Å². The monoisotopic (exact) mass is 266 g/mol. The van der Waals surface area contributed by atoms with Crippen molar-refractivity contribution in [2.75, 3.05) is 6.61 Å². The zero-order valence-corrected chi connectivity index (χ0v) is 11.6. The van der Waals surface area contributed by atoms with Gasteiger partial charge in [0.1, 0.15) is 5.75 Å². The van der Waals surface area contributed by atoms with Crippen molar-refractivity contribution in [1.82, 2.24) is 0 Å². The molecule has 2 aromatic carbocycles. The lowest BCUT2D eigenvalue weighted by Crippen LogP contribution is -2.10. The second kappa shape index (κ2) is 5.49. The van der Waals surface area contributed by atoms with Crippen LogP contribution in [0.25, 0.3) is 0 Å². The van der Waals surface area contributed by atoms with Crippen molar-refractivity contribution in [3.8, 4) is 5.75 Å². The molecule has 0 saturated carbocycles. The molecule has 0 radical (unpaired) electrons. The van der Waals surface area contributed by atoms with Crippen molar-refractivity contribution >= 4 is 5.78 Å². The van der Waals surface area contributed by atoms with E-state index in [2.05, 4.69) is 12.1 Å². The third-order valence-corrected chi connectivity index (χ3v) is 3.88. The zero-order chi connectivity index (χ0) is 13.9. The molecule has 102 valence electrons. The van der Waals surface area contributed by atoms with Crippen molar-refractivity contribution in [2.45, 2.75) is 25.7 Å². The SMILES string of the molecule is CCOc1cccc(C(=O)C2CCc3ccccc32)c1. The van der Waals surface area contributed by atoms with Crippen LogP contribution in [0.5, 0.6) is 5.75 Å². The third-order valence-electron chi connectivity index (χ3n) is 3.88. The molecule has 1 unspecified atom stereocenters. The highest BCUT2D eigenvalue weighted by Crippen LogP contribution is 2.35. The predicted molar refractivity (Wildman–Crippen MR) is 79.4 cm³/mol. The second-order valence-corrected chi connectivity index (χ2v) is 5.12. The van der Waals surface area contributed by atoms with E-state index in [1.54, 1.807) is 0 Å². The summed E-state index contributed by atoms with van der Waals surface area (Å²) in [5.41, 5.74) is 3.25. The number of hydrogen-bond acceptors (Lipinski definition) is 2. The molecule has 1 aliphatic carbocycles. The standard InChI is InChI=1S/C18H18O2/c1-2-20-15-8-5-7-14(12-15)18(19)17-11-10-13-6-3-4-9-16(13)17/h3-9,12,17H,2,10-11H2,1H3. The summed E-state index contributed by atoms with van der Waals surface area (Å²) >= 11 is 0. The average Bonchev–Trinajstić information content (AvgIpc) is 2.91. The number of aryl methyl sites for hydroxylation is 1. The van der Waals surface area contributed by atoms with Crippen LogP contribution in [0, 0.1) is 0 Å². The highest BCUT2D eigenvalue weighted by atomic mass is 16.5. The van der Waals surface area contributed by atoms with Crippen LogP contribution in [0.1, 0.15) is 40.7 Å². The van der Waals surface area contributed by atoms with E-state index in [0.717, 1.165) is 24.2 Å². The largest absolute Gasteiger partial charge is 0.494 e. The summed E-state index contributed by atoms with van der Waals surface area (Å²) in [7, 11) is 0. The Morgan fingerprint density at radius 1 is 1.20 bits per heavy atom. The maximum Gasteiger partial charge on any atom is 0.170 e. The summed E-state index contributed by atoms with van der Waals surface area (Å²) < 4.78 is 5.48. The molecular weight excluding hydrogens is 248 g/mol. The van der Waals surface area contributed by atoms with Gasteiger partial charge in [0.2, 0.25) is 0 Å². The Morgan fingerprint density at radius 2 is 2.05 bits per heavy atom. The Labute approximate surface area is 119 Å². The van der Waals surface area contributed by atoms with E-state index in [1.807, 2.05) is 43.3 Å². The number of carbonyl (C=O) groups is 1. The molecular formula is C18H18O2. The first-order chi connectivity index (χ1) is 9.79. The Bertz CT molecular complexity index is 631. The van der Waals surface area contributed by atoms with Crippen LogP contribution in [0.4, 0.5) is 0 Å². The van der Waals surface area contributed by atoms with Gasteiger partial charge in [0.15, 0.2) is 5.78 Å². The minimum Gasteiger partial charge on any atom is -0.494 e. The maximum atomic E-state index is 12.7. The summed E-state index contributed by atoms with van der Waals surface area (Å²) in [4.78, 5) is 12.7. The topological polar surface area (TPSA) is 26.3 Å². The van der Waals surface area contributed by atoms with Gasteiger partial charge >= 0.3 is 0 Å². The summed E-state index contributed by atoms with van der Waals surface area (Å²) in [5, 5.41) is 0. The van der Waals surface area contributed by atoms with Crippen LogP contribution in [0.2, 0.25) is 0 Å². The minimum absolute atomic E-state index is 0.00285. The number of rotatable bonds is 4. The van der Waals surface area contributed by atoms with Gasteiger partial charge < -0.3 is 4.74 Å². The van der Waals surface area contributed by atoms with Crippen LogP contribution in [-0.2, 0) is 6.42 Å². The van der Waals surface area contributed by atoms with E-state index in [4.69, 9.17) is 4.74 Å². The van der Waals surface area contributed by atoms with Crippen LogP contribution >= 0.6 is 0 Å². The molecule has 20 heavy (non-hydrogen) atoms. The first kappa shape index (κ1) is 12.9. The third kappa shape index (κ3) is 2.34. The molecule has 0 N–H and O–H groups in total. The maximum absolute atomic E-state index is 12.7. The van der Waals surface area contributed by atoms with Gasteiger partial charge in [-0.3, -0.25) is 4.79 Å². The predicted octanol–water partition coefficient (Wildman–Crippen LogP) is 4.00. The molecule has 2 nitrogen and oxygen atoms in total.